The third-order valence-electron chi connectivity index (χ3n) is 7.45. The second-order valence-corrected chi connectivity index (χ2v) is 10.5. The molecule has 1 amide bonds. The molecule has 0 spiro atoms. The minimum atomic E-state index is 0.0732. The quantitative estimate of drug-likeness (QED) is 0.404. The van der Waals surface area contributed by atoms with Crippen molar-refractivity contribution >= 4 is 46.1 Å². The lowest BCUT2D eigenvalue weighted by Crippen LogP contribution is -2.42. The molecule has 0 bridgehead atoms. The highest BCUT2D eigenvalue weighted by atomic mass is 35.5. The molecule has 4 nitrogen and oxygen atoms in total. The largest absolute Gasteiger partial charge is 0.361 e. The summed E-state index contributed by atoms with van der Waals surface area (Å²) in [4.78, 5) is 20.7. The number of nitrogens with one attached hydrogen (secondary N) is 1. The van der Waals surface area contributed by atoms with E-state index in [0.717, 1.165) is 51.1 Å². The Bertz CT molecular complexity index is 1170. The molecule has 0 unspecified atom stereocenters. The van der Waals surface area contributed by atoms with E-state index in [2.05, 4.69) is 40.3 Å². The zero-order chi connectivity index (χ0) is 23.5. The molecule has 6 heteroatoms. The van der Waals surface area contributed by atoms with Gasteiger partial charge in [0.1, 0.15) is 0 Å². The molecule has 1 aromatic heterocycles. The molecule has 2 aliphatic rings. The molecule has 178 valence electrons. The summed E-state index contributed by atoms with van der Waals surface area (Å²) in [5, 5.41) is 2.41. The number of rotatable bonds is 5. The van der Waals surface area contributed by atoms with E-state index >= 15 is 0 Å². The molecule has 0 aliphatic carbocycles. The number of nitrogens with zero attached hydrogens (tertiary/aromatic N) is 2. The van der Waals surface area contributed by atoms with Crippen LogP contribution in [0, 0.1) is 5.92 Å². The van der Waals surface area contributed by atoms with Crippen LogP contribution in [0.1, 0.15) is 42.7 Å². The Morgan fingerprint density at radius 3 is 2.50 bits per heavy atom. The topological polar surface area (TPSA) is 39.3 Å². The van der Waals surface area contributed by atoms with Gasteiger partial charge in [0.25, 0.3) is 0 Å². The number of halogens is 2. The molecular weight excluding hydrogens is 465 g/mol. The summed E-state index contributed by atoms with van der Waals surface area (Å²) in [6.45, 7) is 5.15. The van der Waals surface area contributed by atoms with Gasteiger partial charge in [-0.05, 0) is 86.0 Å². The lowest BCUT2D eigenvalue weighted by atomic mass is 9.88. The highest BCUT2D eigenvalue weighted by Crippen LogP contribution is 2.33. The maximum atomic E-state index is 12.6. The second-order valence-electron chi connectivity index (χ2n) is 9.64. The van der Waals surface area contributed by atoms with Crippen LogP contribution in [-0.4, -0.2) is 53.4 Å². The second kappa shape index (κ2) is 10.6. The maximum Gasteiger partial charge on any atom is 0.246 e. The van der Waals surface area contributed by atoms with Gasteiger partial charge in [0.2, 0.25) is 5.91 Å². The predicted octanol–water partition coefficient (Wildman–Crippen LogP) is 6.61. The number of hydrogen-bond acceptors (Lipinski definition) is 2. The molecule has 0 saturated carbocycles. The van der Waals surface area contributed by atoms with Crippen molar-refractivity contribution in [2.24, 2.45) is 5.92 Å². The summed E-state index contributed by atoms with van der Waals surface area (Å²) >= 11 is 12.0. The highest BCUT2D eigenvalue weighted by molar-refractivity contribution is 6.42. The molecule has 2 fully saturated rings. The Kier molecular flexibility index (Phi) is 7.29. The molecule has 0 radical (unpaired) electrons. The first kappa shape index (κ1) is 23.5. The van der Waals surface area contributed by atoms with Crippen LogP contribution in [0.4, 0.5) is 0 Å². The van der Waals surface area contributed by atoms with E-state index in [1.54, 1.807) is 18.2 Å². The first-order valence-electron chi connectivity index (χ1n) is 12.3. The van der Waals surface area contributed by atoms with Gasteiger partial charge in [0.05, 0.1) is 10.0 Å². The number of H-pyrrole nitrogens is 1. The third kappa shape index (κ3) is 5.35. The summed E-state index contributed by atoms with van der Waals surface area (Å²) in [6, 6.07) is 14.0. The van der Waals surface area contributed by atoms with Crippen LogP contribution < -0.4 is 0 Å². The molecule has 2 saturated heterocycles. The van der Waals surface area contributed by atoms with Crippen molar-refractivity contribution in [2.45, 2.75) is 31.6 Å². The summed E-state index contributed by atoms with van der Waals surface area (Å²) in [6.07, 6.45) is 10.3. The summed E-state index contributed by atoms with van der Waals surface area (Å²) < 4.78 is 0. The van der Waals surface area contributed by atoms with E-state index in [1.807, 2.05) is 17.0 Å². The summed E-state index contributed by atoms with van der Waals surface area (Å²) in [5.41, 5.74) is 3.61. The van der Waals surface area contributed by atoms with Crippen molar-refractivity contribution in [3.05, 3.63) is 75.9 Å². The Morgan fingerprint density at radius 1 is 0.971 bits per heavy atom. The smallest absolute Gasteiger partial charge is 0.246 e. The third-order valence-corrected chi connectivity index (χ3v) is 8.19. The van der Waals surface area contributed by atoms with Crippen molar-refractivity contribution in [3.63, 3.8) is 0 Å². The van der Waals surface area contributed by atoms with Crippen molar-refractivity contribution < 1.29 is 4.79 Å². The average molecular weight is 496 g/mol. The fraction of sp³-hybridized carbons (Fsp3) is 0.393. The van der Waals surface area contributed by atoms with Crippen LogP contribution in [0.25, 0.3) is 17.0 Å². The van der Waals surface area contributed by atoms with Gasteiger partial charge in [-0.3, -0.25) is 4.79 Å². The van der Waals surface area contributed by atoms with Crippen molar-refractivity contribution in [1.29, 1.82) is 0 Å². The number of para-hydroxylation sites is 1. The Balaban J connectivity index is 1.07. The number of amides is 1. The van der Waals surface area contributed by atoms with Gasteiger partial charge in [-0.2, -0.15) is 0 Å². The Morgan fingerprint density at radius 2 is 1.74 bits per heavy atom. The maximum absolute atomic E-state index is 12.6. The minimum Gasteiger partial charge on any atom is -0.361 e. The van der Waals surface area contributed by atoms with Gasteiger partial charge in [-0.15, -0.1) is 0 Å². The Labute approximate surface area is 211 Å². The number of piperidine rings is 2. The minimum absolute atomic E-state index is 0.0732. The van der Waals surface area contributed by atoms with Gasteiger partial charge in [-0.1, -0.05) is 47.5 Å². The number of carbonyl (C=O) groups is 1. The van der Waals surface area contributed by atoms with Crippen LogP contribution in [0.2, 0.25) is 10.0 Å². The first-order chi connectivity index (χ1) is 16.6. The van der Waals surface area contributed by atoms with Gasteiger partial charge in [0, 0.05) is 42.8 Å². The zero-order valence-corrected chi connectivity index (χ0v) is 20.9. The van der Waals surface area contributed by atoms with Crippen molar-refractivity contribution in [1.82, 2.24) is 14.8 Å². The molecule has 1 N–H and O–H groups in total. The predicted molar refractivity (Wildman–Crippen MR) is 142 cm³/mol. The molecule has 3 aromatic rings. The lowest BCUT2D eigenvalue weighted by molar-refractivity contribution is -0.127. The number of carbonyl (C=O) groups excluding carboxylic acids is 1. The summed E-state index contributed by atoms with van der Waals surface area (Å²) in [5.74, 6) is 1.39. The van der Waals surface area contributed by atoms with Crippen LogP contribution in [0.3, 0.4) is 0 Å². The lowest BCUT2D eigenvalue weighted by Gasteiger charge is -2.37. The van der Waals surface area contributed by atoms with E-state index in [-0.39, 0.29) is 5.91 Å². The van der Waals surface area contributed by atoms with Gasteiger partial charge in [-0.25, -0.2) is 0 Å². The fourth-order valence-electron chi connectivity index (χ4n) is 5.45. The number of hydrogen-bond donors (Lipinski definition) is 1. The summed E-state index contributed by atoms with van der Waals surface area (Å²) in [7, 11) is 0. The normalized spacial score (nSPS) is 18.8. The number of likely N-dealkylation sites (tertiary alicyclic amines) is 2. The average Bonchev–Trinajstić information content (AvgIpc) is 3.30. The van der Waals surface area contributed by atoms with E-state index < -0.39 is 0 Å². The number of aromatic amines is 1. The van der Waals surface area contributed by atoms with E-state index in [0.29, 0.717) is 21.9 Å². The Hall–Kier alpha value is -2.27. The molecule has 2 aromatic carbocycles. The van der Waals surface area contributed by atoms with E-state index in [9.17, 15) is 4.79 Å². The number of aromatic nitrogens is 1. The van der Waals surface area contributed by atoms with Crippen LogP contribution in [0.15, 0.2) is 54.7 Å². The van der Waals surface area contributed by atoms with Crippen LogP contribution >= 0.6 is 23.2 Å². The SMILES string of the molecule is O=C(C=Cc1ccc(Cl)c(Cl)c1)N1CCC(CN2CCC(c3c[nH]c4ccccc34)CC2)CC1. The molecule has 34 heavy (non-hydrogen) atoms. The standard InChI is InChI=1S/C28H31Cl2N3O/c29-25-7-5-20(17-26(25)30)6-8-28(34)33-15-9-21(10-16-33)19-32-13-11-22(12-14-32)24-18-31-27-4-2-1-3-23(24)27/h1-8,17-18,21-22,31H,9-16,19H2. The molecule has 5 rings (SSSR count). The highest BCUT2D eigenvalue weighted by Gasteiger charge is 2.27. The fourth-order valence-corrected chi connectivity index (χ4v) is 5.75. The van der Waals surface area contributed by atoms with Crippen LogP contribution in [0.5, 0.6) is 0 Å². The molecule has 2 aliphatic heterocycles. The van der Waals surface area contributed by atoms with E-state index in [1.165, 1.54) is 29.3 Å². The van der Waals surface area contributed by atoms with Gasteiger partial charge < -0.3 is 14.8 Å². The molecule has 3 heterocycles. The van der Waals surface area contributed by atoms with E-state index in [4.69, 9.17) is 23.2 Å². The molecule has 0 atom stereocenters. The molecular formula is C28H31Cl2N3O. The zero-order valence-electron chi connectivity index (χ0n) is 19.4. The van der Waals surface area contributed by atoms with Crippen molar-refractivity contribution in [2.75, 3.05) is 32.7 Å². The first-order valence-corrected chi connectivity index (χ1v) is 13.0. The number of benzene rings is 2. The van der Waals surface area contributed by atoms with Gasteiger partial charge in [0.15, 0.2) is 0 Å². The number of fused-ring (bicyclic) bond motifs is 1. The van der Waals surface area contributed by atoms with Crippen LogP contribution in [-0.2, 0) is 4.79 Å². The monoisotopic (exact) mass is 495 g/mol. The van der Waals surface area contributed by atoms with Crippen molar-refractivity contribution in [3.8, 4) is 0 Å². The van der Waals surface area contributed by atoms with Gasteiger partial charge >= 0.3 is 0 Å².